The van der Waals surface area contributed by atoms with Crippen molar-refractivity contribution >= 4 is 34.4 Å². The Labute approximate surface area is 163 Å². The minimum Gasteiger partial charge on any atom is -0.448 e. The summed E-state index contributed by atoms with van der Waals surface area (Å²) in [7, 11) is 0. The molecule has 2 N–H and O–H groups in total. The van der Waals surface area contributed by atoms with Gasteiger partial charge in [-0.15, -0.1) is 0 Å². The van der Waals surface area contributed by atoms with E-state index in [2.05, 4.69) is 34.6 Å². The largest absolute Gasteiger partial charge is 0.448 e. The molecule has 1 heterocycles. The molecule has 0 fully saturated rings. The molecular weight excluding hydrogens is 443 g/mol. The summed E-state index contributed by atoms with van der Waals surface area (Å²) in [5.41, 5.74) is 4.58. The van der Waals surface area contributed by atoms with E-state index < -0.39 is 6.09 Å². The normalized spacial score (nSPS) is 12.3. The maximum Gasteiger partial charge on any atom is 0.411 e. The van der Waals surface area contributed by atoms with E-state index >= 15 is 0 Å². The molecule has 0 bridgehead atoms. The molecule has 6 heteroatoms. The quantitative estimate of drug-likeness (QED) is 0.574. The highest BCUT2D eigenvalue weighted by Crippen LogP contribution is 2.44. The summed E-state index contributed by atoms with van der Waals surface area (Å²) in [6.07, 6.45) is 2.39. The number of fused-ring (bicyclic) bond motifs is 3. The summed E-state index contributed by atoms with van der Waals surface area (Å²) in [4.78, 5) is 27.0. The van der Waals surface area contributed by atoms with Crippen LogP contribution in [0.25, 0.3) is 11.1 Å². The van der Waals surface area contributed by atoms with E-state index in [1.807, 2.05) is 46.9 Å². The third-order valence-electron chi connectivity index (χ3n) is 4.48. The van der Waals surface area contributed by atoms with Crippen LogP contribution in [0.3, 0.4) is 0 Å². The highest BCUT2D eigenvalue weighted by molar-refractivity contribution is 14.1. The first kappa shape index (κ1) is 16.8. The van der Waals surface area contributed by atoms with E-state index in [1.165, 1.54) is 17.3 Å². The third kappa shape index (κ3) is 3.01. The van der Waals surface area contributed by atoms with E-state index in [-0.39, 0.29) is 23.6 Å². The lowest BCUT2D eigenvalue weighted by molar-refractivity contribution is 0.158. The Bertz CT molecular complexity index is 999. The van der Waals surface area contributed by atoms with E-state index in [0.29, 0.717) is 3.57 Å². The number of aromatic amines is 1. The number of amides is 1. The molecule has 1 amide bonds. The molecule has 0 saturated heterocycles. The SMILES string of the molecule is O=C(Nc1c[nH]cc(I)c1=O)OCC1c2ccccc2-c2ccccc21. The first-order chi connectivity index (χ1) is 12.6. The van der Waals surface area contributed by atoms with Gasteiger partial charge in [-0.3, -0.25) is 10.1 Å². The van der Waals surface area contributed by atoms with Crippen LogP contribution in [0.4, 0.5) is 10.5 Å². The van der Waals surface area contributed by atoms with Crippen molar-refractivity contribution in [2.24, 2.45) is 0 Å². The molecule has 4 rings (SSSR count). The maximum absolute atomic E-state index is 12.2. The van der Waals surface area contributed by atoms with Gasteiger partial charge < -0.3 is 9.72 Å². The van der Waals surface area contributed by atoms with Crippen LogP contribution >= 0.6 is 22.6 Å². The van der Waals surface area contributed by atoms with Gasteiger partial charge in [-0.05, 0) is 44.8 Å². The average Bonchev–Trinajstić information content (AvgIpc) is 2.98. The van der Waals surface area contributed by atoms with Gasteiger partial charge in [0.1, 0.15) is 12.3 Å². The number of benzene rings is 2. The van der Waals surface area contributed by atoms with Crippen molar-refractivity contribution in [1.29, 1.82) is 0 Å². The van der Waals surface area contributed by atoms with E-state index in [4.69, 9.17) is 4.74 Å². The van der Waals surface area contributed by atoms with Gasteiger partial charge in [0.25, 0.3) is 0 Å². The minimum absolute atomic E-state index is 0.0117. The lowest BCUT2D eigenvalue weighted by Crippen LogP contribution is -2.22. The van der Waals surface area contributed by atoms with Crippen molar-refractivity contribution < 1.29 is 9.53 Å². The first-order valence-corrected chi connectivity index (χ1v) is 9.21. The molecule has 0 radical (unpaired) electrons. The lowest BCUT2D eigenvalue weighted by Gasteiger charge is -2.14. The van der Waals surface area contributed by atoms with Crippen molar-refractivity contribution in [2.75, 3.05) is 11.9 Å². The number of hydrogen-bond acceptors (Lipinski definition) is 3. The second-order valence-corrected chi connectivity index (χ2v) is 7.16. The highest BCUT2D eigenvalue weighted by Gasteiger charge is 2.29. The van der Waals surface area contributed by atoms with Crippen LogP contribution in [0, 0.1) is 3.57 Å². The van der Waals surface area contributed by atoms with Gasteiger partial charge in [-0.2, -0.15) is 0 Å². The van der Waals surface area contributed by atoms with Crippen LogP contribution in [0.15, 0.2) is 65.7 Å². The maximum atomic E-state index is 12.2. The second-order valence-electron chi connectivity index (χ2n) is 6.00. The Morgan fingerprint density at radius 2 is 1.65 bits per heavy atom. The number of aromatic nitrogens is 1. The monoisotopic (exact) mass is 458 g/mol. The van der Waals surface area contributed by atoms with Crippen LogP contribution < -0.4 is 10.7 Å². The molecule has 0 spiro atoms. The molecule has 0 aliphatic heterocycles. The zero-order chi connectivity index (χ0) is 18.1. The summed E-state index contributed by atoms with van der Waals surface area (Å²) in [5, 5.41) is 2.51. The van der Waals surface area contributed by atoms with Crippen LogP contribution in [0.2, 0.25) is 0 Å². The molecule has 1 aromatic heterocycles. The van der Waals surface area contributed by atoms with Gasteiger partial charge in [0.05, 0.1) is 3.57 Å². The lowest BCUT2D eigenvalue weighted by atomic mass is 9.98. The van der Waals surface area contributed by atoms with Gasteiger partial charge >= 0.3 is 6.09 Å². The number of pyridine rings is 1. The number of nitrogens with one attached hydrogen (secondary N) is 2. The number of carbonyl (C=O) groups excluding carboxylic acids is 1. The molecule has 2 aromatic carbocycles. The Kier molecular flexibility index (Phi) is 4.50. The van der Waals surface area contributed by atoms with Crippen LogP contribution in [0.1, 0.15) is 17.0 Å². The number of halogens is 1. The molecule has 0 unspecified atom stereocenters. The van der Waals surface area contributed by atoms with Crippen LogP contribution in [-0.4, -0.2) is 17.7 Å². The molecule has 130 valence electrons. The summed E-state index contributed by atoms with van der Waals surface area (Å²) in [5.74, 6) is -0.0117. The number of hydrogen-bond donors (Lipinski definition) is 2. The van der Waals surface area contributed by atoms with Gasteiger partial charge in [-0.1, -0.05) is 48.5 Å². The van der Waals surface area contributed by atoms with E-state index in [0.717, 1.165) is 11.1 Å². The molecular formula is C20H15IN2O3. The van der Waals surface area contributed by atoms with Crippen molar-refractivity contribution in [3.8, 4) is 11.1 Å². The molecule has 3 aromatic rings. The number of H-pyrrole nitrogens is 1. The van der Waals surface area contributed by atoms with E-state index in [9.17, 15) is 9.59 Å². The minimum atomic E-state index is -0.639. The molecule has 5 nitrogen and oxygen atoms in total. The van der Waals surface area contributed by atoms with Crippen molar-refractivity contribution in [2.45, 2.75) is 5.92 Å². The number of rotatable bonds is 3. The summed E-state index contributed by atoms with van der Waals surface area (Å²) < 4.78 is 5.93. The summed E-state index contributed by atoms with van der Waals surface area (Å²) >= 11 is 1.91. The molecule has 0 saturated carbocycles. The fourth-order valence-corrected chi connectivity index (χ4v) is 3.77. The highest BCUT2D eigenvalue weighted by atomic mass is 127. The van der Waals surface area contributed by atoms with Crippen molar-refractivity contribution in [3.05, 3.63) is 85.8 Å². The molecule has 0 atom stereocenters. The third-order valence-corrected chi connectivity index (χ3v) is 5.28. The average molecular weight is 458 g/mol. The van der Waals surface area contributed by atoms with Gasteiger partial charge in [-0.25, -0.2) is 4.79 Å². The summed E-state index contributed by atoms with van der Waals surface area (Å²) in [6.45, 7) is 0.210. The van der Waals surface area contributed by atoms with Crippen LogP contribution in [-0.2, 0) is 4.74 Å². The smallest absolute Gasteiger partial charge is 0.411 e. The Hall–Kier alpha value is -2.61. The Balaban J connectivity index is 1.52. The zero-order valence-corrected chi connectivity index (χ0v) is 15.8. The number of anilines is 1. The Morgan fingerprint density at radius 3 is 2.31 bits per heavy atom. The fraction of sp³-hybridized carbons (Fsp3) is 0.100. The number of carbonyl (C=O) groups is 1. The molecule has 1 aliphatic rings. The predicted octanol–water partition coefficient (Wildman–Crippen LogP) is 4.34. The van der Waals surface area contributed by atoms with Crippen LogP contribution in [0.5, 0.6) is 0 Å². The standard InChI is InChI=1S/C20H15IN2O3/c21-17-9-22-10-18(19(17)24)23-20(25)26-11-16-14-7-3-1-5-12(14)13-6-2-4-8-15(13)16/h1-10,16H,11H2,(H,22,24)(H,23,25). The summed E-state index contributed by atoms with van der Waals surface area (Å²) in [6, 6.07) is 16.3. The van der Waals surface area contributed by atoms with Gasteiger partial charge in [0, 0.05) is 18.3 Å². The second kappa shape index (κ2) is 6.95. The zero-order valence-electron chi connectivity index (χ0n) is 13.7. The van der Waals surface area contributed by atoms with Gasteiger partial charge in [0.15, 0.2) is 0 Å². The van der Waals surface area contributed by atoms with Crippen molar-refractivity contribution in [3.63, 3.8) is 0 Å². The molecule has 26 heavy (non-hydrogen) atoms. The molecule has 1 aliphatic carbocycles. The van der Waals surface area contributed by atoms with E-state index in [1.54, 1.807) is 6.20 Å². The topological polar surface area (TPSA) is 71.2 Å². The van der Waals surface area contributed by atoms with Gasteiger partial charge in [0.2, 0.25) is 5.43 Å². The predicted molar refractivity (Wildman–Crippen MR) is 108 cm³/mol. The Morgan fingerprint density at radius 1 is 1.04 bits per heavy atom. The first-order valence-electron chi connectivity index (χ1n) is 8.14. The number of ether oxygens (including phenoxy) is 1. The van der Waals surface area contributed by atoms with Crippen molar-refractivity contribution in [1.82, 2.24) is 4.98 Å². The fourth-order valence-electron chi connectivity index (χ4n) is 3.30.